The summed E-state index contributed by atoms with van der Waals surface area (Å²) in [4.78, 5) is 14.5. The number of nitrogens with zero attached hydrogens (tertiary/aromatic N) is 1. The second-order valence-electron chi connectivity index (χ2n) is 9.83. The molecule has 0 bridgehead atoms. The lowest BCUT2D eigenvalue weighted by Crippen LogP contribution is -2.31. The Labute approximate surface area is 227 Å². The van der Waals surface area contributed by atoms with Gasteiger partial charge in [0.25, 0.3) is 0 Å². The molecule has 0 aromatic heterocycles. The van der Waals surface area contributed by atoms with Gasteiger partial charge >= 0.3 is 12.3 Å². The van der Waals surface area contributed by atoms with Gasteiger partial charge in [-0.25, -0.2) is 9.18 Å². The third-order valence-corrected chi connectivity index (χ3v) is 7.28. The molecule has 0 N–H and O–H groups in total. The quantitative estimate of drug-likeness (QED) is 0.268. The van der Waals surface area contributed by atoms with Crippen LogP contribution in [0, 0.1) is 12.7 Å². The average Bonchev–Trinajstić information content (AvgIpc) is 3.11. The van der Waals surface area contributed by atoms with Crippen molar-refractivity contribution in [2.75, 3.05) is 7.11 Å². The fourth-order valence-corrected chi connectivity index (χ4v) is 5.24. The van der Waals surface area contributed by atoms with E-state index in [1.54, 1.807) is 26.0 Å². The molecule has 202 valence electrons. The summed E-state index contributed by atoms with van der Waals surface area (Å²) in [6.07, 6.45) is -6.01. The lowest BCUT2D eigenvalue weighted by molar-refractivity contribution is -0.137. The predicted octanol–water partition coefficient (Wildman–Crippen LogP) is 8.80. The molecule has 1 aliphatic heterocycles. The molecule has 0 aliphatic carbocycles. The minimum absolute atomic E-state index is 0.0659. The van der Waals surface area contributed by atoms with Crippen LogP contribution in [0.4, 0.5) is 22.4 Å². The van der Waals surface area contributed by atoms with E-state index in [-0.39, 0.29) is 23.8 Å². The monoisotopic (exact) mass is 593 g/mol. The maximum atomic E-state index is 14.7. The van der Waals surface area contributed by atoms with Crippen LogP contribution in [0.15, 0.2) is 53.0 Å². The van der Waals surface area contributed by atoms with Gasteiger partial charge in [0.15, 0.2) is 0 Å². The van der Waals surface area contributed by atoms with E-state index in [1.807, 2.05) is 32.0 Å². The van der Waals surface area contributed by atoms with Gasteiger partial charge in [-0.3, -0.25) is 4.90 Å². The Hall–Kier alpha value is -3.07. The van der Waals surface area contributed by atoms with E-state index in [2.05, 4.69) is 15.9 Å². The first-order chi connectivity index (χ1) is 17.8. The average molecular weight is 594 g/mol. The smallest absolute Gasteiger partial charge is 0.416 e. The molecule has 0 unspecified atom stereocenters. The van der Waals surface area contributed by atoms with E-state index >= 15 is 0 Å². The van der Waals surface area contributed by atoms with E-state index in [4.69, 9.17) is 9.47 Å². The van der Waals surface area contributed by atoms with Crippen molar-refractivity contribution in [2.24, 2.45) is 0 Å². The first kappa shape index (κ1) is 28.0. The Kier molecular flexibility index (Phi) is 7.79. The molecule has 1 aliphatic rings. The van der Waals surface area contributed by atoms with Crippen molar-refractivity contribution in [1.29, 1.82) is 0 Å². The number of aryl methyl sites for hydroxylation is 1. The molecule has 38 heavy (non-hydrogen) atoms. The van der Waals surface area contributed by atoms with Crippen molar-refractivity contribution in [2.45, 2.75) is 58.5 Å². The SMILES string of the molecule is COc1cc(F)c(C(C)C)cc1-c1ccc(Br)cc1CN1C(=O)O[C@H](c2cc(C)cc(C(F)(F)F)c2)[C@@H]1C. The zero-order valence-electron chi connectivity index (χ0n) is 21.6. The predicted molar refractivity (Wildman–Crippen MR) is 141 cm³/mol. The van der Waals surface area contributed by atoms with Crippen LogP contribution < -0.4 is 4.74 Å². The maximum absolute atomic E-state index is 14.7. The molecule has 1 heterocycles. The summed E-state index contributed by atoms with van der Waals surface area (Å²) in [5.41, 5.74) is 2.61. The lowest BCUT2D eigenvalue weighted by Gasteiger charge is -2.24. The van der Waals surface area contributed by atoms with E-state index in [0.29, 0.717) is 22.4 Å². The van der Waals surface area contributed by atoms with Crippen molar-refractivity contribution in [3.05, 3.63) is 86.6 Å². The van der Waals surface area contributed by atoms with Gasteiger partial charge in [0.2, 0.25) is 0 Å². The molecule has 1 fully saturated rings. The molecule has 1 amide bonds. The number of hydrogen-bond donors (Lipinski definition) is 0. The van der Waals surface area contributed by atoms with Crippen LogP contribution in [0.2, 0.25) is 0 Å². The standard InChI is InChI=1S/C29H28BrF4NO3/c1-15(2)23-12-24(26(37-5)13-25(23)31)22-7-6-21(30)11-19(22)14-35-17(4)27(38-28(35)36)18-8-16(3)9-20(10-18)29(32,33)34/h6-13,15,17,27H,14H2,1-5H3/t17-,27-/m0/s1. The number of carbonyl (C=O) groups is 1. The van der Waals surface area contributed by atoms with Gasteiger partial charge in [0, 0.05) is 16.1 Å². The minimum Gasteiger partial charge on any atom is -0.496 e. The zero-order chi connectivity index (χ0) is 27.9. The normalized spacial score (nSPS) is 17.8. The number of carbonyl (C=O) groups excluding carboxylic acids is 1. The summed E-state index contributed by atoms with van der Waals surface area (Å²) in [7, 11) is 1.47. The van der Waals surface area contributed by atoms with Crippen molar-refractivity contribution in [1.82, 2.24) is 4.90 Å². The molecular formula is C29H28BrF4NO3. The van der Waals surface area contributed by atoms with E-state index in [1.165, 1.54) is 18.1 Å². The number of halogens is 5. The largest absolute Gasteiger partial charge is 0.496 e. The molecular weight excluding hydrogens is 566 g/mol. The molecule has 3 aromatic rings. The first-order valence-corrected chi connectivity index (χ1v) is 12.9. The number of methoxy groups -OCH3 is 1. The molecule has 0 spiro atoms. The summed E-state index contributed by atoms with van der Waals surface area (Å²) >= 11 is 3.48. The van der Waals surface area contributed by atoms with Gasteiger partial charge in [-0.05, 0) is 72.4 Å². The number of rotatable bonds is 6. The highest BCUT2D eigenvalue weighted by molar-refractivity contribution is 9.10. The van der Waals surface area contributed by atoms with Gasteiger partial charge in [-0.1, -0.05) is 47.5 Å². The number of alkyl halides is 3. The topological polar surface area (TPSA) is 38.8 Å². The number of amides is 1. The summed E-state index contributed by atoms with van der Waals surface area (Å²) in [6.45, 7) is 7.25. The molecule has 0 radical (unpaired) electrons. The number of cyclic esters (lactones) is 1. The highest BCUT2D eigenvalue weighted by Crippen LogP contribution is 2.41. The number of hydrogen-bond acceptors (Lipinski definition) is 3. The minimum atomic E-state index is -4.51. The Morgan fingerprint density at radius 3 is 2.42 bits per heavy atom. The summed E-state index contributed by atoms with van der Waals surface area (Å²) in [5.74, 6) is -0.0797. The molecule has 1 saturated heterocycles. The molecule has 9 heteroatoms. The second-order valence-corrected chi connectivity index (χ2v) is 10.7. The summed E-state index contributed by atoms with van der Waals surface area (Å²) in [5, 5.41) is 0. The lowest BCUT2D eigenvalue weighted by atomic mass is 9.93. The molecule has 4 rings (SSSR count). The van der Waals surface area contributed by atoms with E-state index < -0.39 is 30.0 Å². The fraction of sp³-hybridized carbons (Fsp3) is 0.345. The van der Waals surface area contributed by atoms with Crippen molar-refractivity contribution >= 4 is 22.0 Å². The summed E-state index contributed by atoms with van der Waals surface area (Å²) < 4.78 is 66.8. The Morgan fingerprint density at radius 1 is 1.08 bits per heavy atom. The van der Waals surface area contributed by atoms with Gasteiger partial charge in [-0.15, -0.1) is 0 Å². The van der Waals surface area contributed by atoms with Crippen LogP contribution in [0.25, 0.3) is 11.1 Å². The second kappa shape index (κ2) is 10.6. The van der Waals surface area contributed by atoms with Crippen LogP contribution in [0.1, 0.15) is 60.6 Å². The van der Waals surface area contributed by atoms with E-state index in [0.717, 1.165) is 27.7 Å². The van der Waals surface area contributed by atoms with Gasteiger partial charge in [-0.2, -0.15) is 13.2 Å². The van der Waals surface area contributed by atoms with Crippen LogP contribution >= 0.6 is 15.9 Å². The maximum Gasteiger partial charge on any atom is 0.416 e. The summed E-state index contributed by atoms with van der Waals surface area (Å²) in [6, 6.07) is 11.8. The first-order valence-electron chi connectivity index (χ1n) is 12.1. The van der Waals surface area contributed by atoms with Crippen LogP contribution in [-0.2, 0) is 17.5 Å². The van der Waals surface area contributed by atoms with Crippen molar-refractivity contribution in [3.63, 3.8) is 0 Å². The number of ether oxygens (including phenoxy) is 2. The van der Waals surface area contributed by atoms with Gasteiger partial charge in [0.1, 0.15) is 17.7 Å². The number of benzene rings is 3. The highest BCUT2D eigenvalue weighted by atomic mass is 79.9. The Balaban J connectivity index is 1.72. The Bertz CT molecular complexity index is 1370. The highest BCUT2D eigenvalue weighted by Gasteiger charge is 2.41. The Morgan fingerprint density at radius 2 is 1.79 bits per heavy atom. The molecule has 0 saturated carbocycles. The van der Waals surface area contributed by atoms with Gasteiger partial charge < -0.3 is 9.47 Å². The third-order valence-electron chi connectivity index (χ3n) is 6.79. The molecule has 2 atom stereocenters. The fourth-order valence-electron chi connectivity index (χ4n) is 4.83. The third kappa shape index (κ3) is 5.53. The van der Waals surface area contributed by atoms with Crippen molar-refractivity contribution in [3.8, 4) is 16.9 Å². The molecule has 4 nitrogen and oxygen atoms in total. The zero-order valence-corrected chi connectivity index (χ0v) is 23.2. The van der Waals surface area contributed by atoms with E-state index in [9.17, 15) is 22.4 Å². The van der Waals surface area contributed by atoms with Crippen molar-refractivity contribution < 1.29 is 31.8 Å². The van der Waals surface area contributed by atoms with Crippen LogP contribution in [-0.4, -0.2) is 24.1 Å². The molecule has 3 aromatic carbocycles. The van der Waals surface area contributed by atoms with Gasteiger partial charge in [0.05, 0.1) is 25.3 Å². The van der Waals surface area contributed by atoms with Crippen LogP contribution in [0.5, 0.6) is 5.75 Å². The van der Waals surface area contributed by atoms with Crippen LogP contribution in [0.3, 0.4) is 0 Å².